The first-order valence-corrected chi connectivity index (χ1v) is 13.1. The summed E-state index contributed by atoms with van der Waals surface area (Å²) in [5.41, 5.74) is 1.66. The zero-order chi connectivity index (χ0) is 27.8. The number of amides is 2. The number of nitrogens with one attached hydrogen (secondary N) is 1. The van der Waals surface area contributed by atoms with E-state index in [1.54, 1.807) is 33.4 Å². The summed E-state index contributed by atoms with van der Waals surface area (Å²) in [6.45, 7) is 5.05. The molecule has 0 spiro atoms. The Morgan fingerprint density at radius 2 is 1.84 bits per heavy atom. The molecule has 0 bridgehead atoms. The summed E-state index contributed by atoms with van der Waals surface area (Å²) in [6.07, 6.45) is 4.98. The van der Waals surface area contributed by atoms with E-state index in [2.05, 4.69) is 20.5 Å². The van der Waals surface area contributed by atoms with E-state index in [0.29, 0.717) is 37.2 Å². The summed E-state index contributed by atoms with van der Waals surface area (Å²) in [7, 11) is 3.38. The summed E-state index contributed by atoms with van der Waals surface area (Å²) in [6, 6.07) is 11.4. The van der Waals surface area contributed by atoms with E-state index in [0.717, 1.165) is 23.4 Å². The van der Waals surface area contributed by atoms with E-state index >= 15 is 0 Å². The number of esters is 1. The lowest BCUT2D eigenvalue weighted by molar-refractivity contribution is -0.143. The van der Waals surface area contributed by atoms with Crippen molar-refractivity contribution < 1.29 is 23.9 Å². The largest absolute Gasteiger partial charge is 0.494 e. The smallest absolute Gasteiger partial charge is 0.305 e. The number of aromatic nitrogens is 4. The molecule has 0 atom stereocenters. The molecule has 204 valence electrons. The van der Waals surface area contributed by atoms with E-state index < -0.39 is 0 Å². The fourth-order valence-corrected chi connectivity index (χ4v) is 3.79. The minimum Gasteiger partial charge on any atom is -0.494 e. The quantitative estimate of drug-likeness (QED) is 0.150. The van der Waals surface area contributed by atoms with E-state index in [1.807, 2.05) is 47.9 Å². The highest BCUT2D eigenvalue weighted by Crippen LogP contribution is 2.28. The van der Waals surface area contributed by atoms with Crippen molar-refractivity contribution in [2.45, 2.75) is 31.8 Å². The summed E-state index contributed by atoms with van der Waals surface area (Å²) in [4.78, 5) is 38.7. The van der Waals surface area contributed by atoms with Gasteiger partial charge in [0.25, 0.3) is 0 Å². The molecular weight excluding hydrogens is 508 g/mol. The number of ether oxygens (including phenoxy) is 2. The number of rotatable bonds is 13. The van der Waals surface area contributed by atoms with E-state index in [4.69, 9.17) is 9.47 Å². The van der Waals surface area contributed by atoms with Gasteiger partial charge in [0, 0.05) is 50.7 Å². The molecule has 0 unspecified atom stereocenters. The van der Waals surface area contributed by atoms with Crippen LogP contribution in [0.5, 0.6) is 5.75 Å². The van der Waals surface area contributed by atoms with Gasteiger partial charge in [-0.3, -0.25) is 23.9 Å². The maximum atomic E-state index is 12.3. The lowest BCUT2D eigenvalue weighted by Gasteiger charge is -2.11. The van der Waals surface area contributed by atoms with Crippen LogP contribution in [0.25, 0.3) is 17.1 Å². The van der Waals surface area contributed by atoms with Crippen molar-refractivity contribution >= 4 is 30.0 Å². The van der Waals surface area contributed by atoms with Crippen LogP contribution in [0.3, 0.4) is 0 Å². The van der Waals surface area contributed by atoms with Gasteiger partial charge >= 0.3 is 5.97 Å². The Balaban J connectivity index is 0.000000926. The normalized spacial score (nSPS) is 10.1. The van der Waals surface area contributed by atoms with Gasteiger partial charge in [-0.1, -0.05) is 11.8 Å². The molecule has 2 aromatic heterocycles. The van der Waals surface area contributed by atoms with Crippen LogP contribution in [0, 0.1) is 0 Å². The first-order valence-electron chi connectivity index (χ1n) is 12.1. The van der Waals surface area contributed by atoms with Gasteiger partial charge in [0.2, 0.25) is 12.3 Å². The molecule has 0 saturated carbocycles. The van der Waals surface area contributed by atoms with Crippen LogP contribution < -0.4 is 10.1 Å². The SMILES string of the molecule is CCOC(=O)CCCNC(=O)CSc1nnc(-c2cccnc2)n1-c1ccc(OCC)cc1.CN(C)C=O. The molecule has 0 saturated heterocycles. The number of thioether (sulfide) groups is 1. The van der Waals surface area contributed by atoms with Gasteiger partial charge in [0.05, 0.1) is 19.0 Å². The Hall–Kier alpha value is -3.93. The monoisotopic (exact) mass is 542 g/mol. The van der Waals surface area contributed by atoms with Gasteiger partial charge in [-0.15, -0.1) is 10.2 Å². The van der Waals surface area contributed by atoms with E-state index in [-0.39, 0.29) is 24.1 Å². The number of carbonyl (C=O) groups excluding carboxylic acids is 3. The summed E-state index contributed by atoms with van der Waals surface area (Å²) in [5.74, 6) is 1.17. The number of hydrogen-bond donors (Lipinski definition) is 1. The molecule has 1 aromatic carbocycles. The highest BCUT2D eigenvalue weighted by molar-refractivity contribution is 7.99. The van der Waals surface area contributed by atoms with Crippen molar-refractivity contribution in [3.63, 3.8) is 0 Å². The molecule has 38 heavy (non-hydrogen) atoms. The third-order valence-electron chi connectivity index (χ3n) is 4.69. The molecule has 2 heterocycles. The predicted molar refractivity (Wildman–Crippen MR) is 145 cm³/mol. The molecule has 0 aliphatic heterocycles. The summed E-state index contributed by atoms with van der Waals surface area (Å²) >= 11 is 1.29. The number of nitrogens with zero attached hydrogens (tertiary/aromatic N) is 5. The number of carbonyl (C=O) groups is 3. The van der Waals surface area contributed by atoms with Gasteiger partial charge in [0.1, 0.15) is 5.75 Å². The first kappa shape index (κ1) is 30.3. The molecule has 3 aromatic rings. The zero-order valence-electron chi connectivity index (χ0n) is 22.1. The van der Waals surface area contributed by atoms with Crippen molar-refractivity contribution in [2.75, 3.05) is 39.6 Å². The van der Waals surface area contributed by atoms with Crippen molar-refractivity contribution in [1.82, 2.24) is 30.0 Å². The van der Waals surface area contributed by atoms with Gasteiger partial charge in [-0.2, -0.15) is 0 Å². The van der Waals surface area contributed by atoms with Crippen LogP contribution in [0.4, 0.5) is 0 Å². The fourth-order valence-electron chi connectivity index (χ4n) is 3.01. The molecule has 3 rings (SSSR count). The zero-order valence-corrected chi connectivity index (χ0v) is 22.9. The third kappa shape index (κ3) is 10.2. The van der Waals surface area contributed by atoms with Crippen LogP contribution in [0.1, 0.15) is 26.7 Å². The van der Waals surface area contributed by atoms with Crippen LogP contribution in [-0.2, 0) is 19.1 Å². The Bertz CT molecular complexity index is 1140. The number of pyridine rings is 1. The molecule has 11 nitrogen and oxygen atoms in total. The fraction of sp³-hybridized carbons (Fsp3) is 0.385. The van der Waals surface area contributed by atoms with Crippen LogP contribution in [0.15, 0.2) is 53.9 Å². The standard InChI is InChI=1S/C23H27N5O4S.C3H7NO/c1-3-31-19-11-9-18(10-12-19)28-22(17-7-5-13-24-15-17)26-27-23(28)33-16-20(29)25-14-6-8-21(30)32-4-2;1-4(2)3-5/h5,7,9-13,15H,3-4,6,8,14,16H2,1-2H3,(H,25,29);3H,1-2H3. The summed E-state index contributed by atoms with van der Waals surface area (Å²) in [5, 5.41) is 12.1. The summed E-state index contributed by atoms with van der Waals surface area (Å²) < 4.78 is 12.3. The molecule has 0 aliphatic rings. The minimum absolute atomic E-state index is 0.145. The van der Waals surface area contributed by atoms with Gasteiger partial charge in [-0.05, 0) is 56.7 Å². The van der Waals surface area contributed by atoms with Crippen molar-refractivity contribution in [3.8, 4) is 22.8 Å². The lowest BCUT2D eigenvalue weighted by Crippen LogP contribution is -2.26. The molecular formula is C26H34N6O5S. The van der Waals surface area contributed by atoms with Crippen LogP contribution >= 0.6 is 11.8 Å². The van der Waals surface area contributed by atoms with Crippen molar-refractivity contribution in [1.29, 1.82) is 0 Å². The molecule has 12 heteroatoms. The maximum Gasteiger partial charge on any atom is 0.305 e. The highest BCUT2D eigenvalue weighted by Gasteiger charge is 2.17. The second kappa shape index (κ2) is 16.7. The van der Waals surface area contributed by atoms with E-state index in [9.17, 15) is 14.4 Å². The lowest BCUT2D eigenvalue weighted by atomic mass is 10.2. The molecule has 2 amide bonds. The topological polar surface area (TPSA) is 129 Å². The second-order valence-corrected chi connectivity index (χ2v) is 8.87. The highest BCUT2D eigenvalue weighted by atomic mass is 32.2. The number of hydrogen-bond acceptors (Lipinski definition) is 9. The third-order valence-corrected chi connectivity index (χ3v) is 5.62. The molecule has 0 fully saturated rings. The predicted octanol–water partition coefficient (Wildman–Crippen LogP) is 2.98. The Morgan fingerprint density at radius 1 is 1.11 bits per heavy atom. The Kier molecular flexibility index (Phi) is 13.3. The van der Waals surface area contributed by atoms with Crippen molar-refractivity contribution in [2.24, 2.45) is 0 Å². The molecule has 0 radical (unpaired) electrons. The minimum atomic E-state index is -0.257. The Morgan fingerprint density at radius 3 is 2.45 bits per heavy atom. The van der Waals surface area contributed by atoms with E-state index in [1.165, 1.54) is 16.7 Å². The molecule has 0 aliphatic carbocycles. The van der Waals surface area contributed by atoms with Gasteiger partial charge in [-0.25, -0.2) is 0 Å². The van der Waals surface area contributed by atoms with Gasteiger partial charge in [0.15, 0.2) is 11.0 Å². The Labute approximate surface area is 226 Å². The van der Waals surface area contributed by atoms with Crippen molar-refractivity contribution in [3.05, 3.63) is 48.8 Å². The molecule has 1 N–H and O–H groups in total. The average molecular weight is 543 g/mol. The first-order chi connectivity index (χ1) is 18.4. The number of benzene rings is 1. The van der Waals surface area contributed by atoms with Crippen LogP contribution in [0.2, 0.25) is 0 Å². The van der Waals surface area contributed by atoms with Crippen LogP contribution in [-0.4, -0.2) is 82.5 Å². The van der Waals surface area contributed by atoms with Gasteiger partial charge < -0.3 is 19.7 Å². The maximum absolute atomic E-state index is 12.3. The second-order valence-electron chi connectivity index (χ2n) is 7.93. The average Bonchev–Trinajstić information content (AvgIpc) is 3.35.